The molecule has 2 heterocycles. The third kappa shape index (κ3) is 4.64. The van der Waals surface area contributed by atoms with E-state index in [9.17, 15) is 14.9 Å². The summed E-state index contributed by atoms with van der Waals surface area (Å²) in [7, 11) is 1.63. The van der Waals surface area contributed by atoms with Crippen LogP contribution in [0.5, 0.6) is 0 Å². The highest BCUT2D eigenvalue weighted by atomic mass is 16.6. The SMILES string of the molecule is CN/C(=C\[N+](=O)[O-])NCCCc1nc2cc(C3=NNC(=O)CC3C)ccc2[nH]1. The second-order valence-electron chi connectivity index (χ2n) is 6.66. The Morgan fingerprint density at radius 3 is 3.00 bits per heavy atom. The number of fused-ring (bicyclic) bond motifs is 1. The second-order valence-corrected chi connectivity index (χ2v) is 6.66. The normalized spacial score (nSPS) is 17.2. The van der Waals surface area contributed by atoms with E-state index in [0.717, 1.165) is 40.8 Å². The lowest BCUT2D eigenvalue weighted by Crippen LogP contribution is -2.31. The van der Waals surface area contributed by atoms with Crippen molar-refractivity contribution in [1.82, 2.24) is 26.0 Å². The molecule has 1 unspecified atom stereocenters. The highest BCUT2D eigenvalue weighted by molar-refractivity contribution is 6.07. The number of amides is 1. The largest absolute Gasteiger partial charge is 0.370 e. The molecule has 1 aromatic heterocycles. The number of H-pyrrole nitrogens is 1. The summed E-state index contributed by atoms with van der Waals surface area (Å²) in [4.78, 5) is 29.3. The molecule has 1 atom stereocenters. The number of carbonyl (C=O) groups excluding carboxylic acids is 1. The maximum atomic E-state index is 11.4. The lowest BCUT2D eigenvalue weighted by atomic mass is 9.94. The molecule has 2 aromatic rings. The molecule has 1 aliphatic rings. The Bertz CT molecular complexity index is 948. The summed E-state index contributed by atoms with van der Waals surface area (Å²) < 4.78 is 0. The van der Waals surface area contributed by atoms with Gasteiger partial charge in [0.15, 0.2) is 5.82 Å². The minimum atomic E-state index is -0.501. The van der Waals surface area contributed by atoms with Gasteiger partial charge in [-0.15, -0.1) is 0 Å². The van der Waals surface area contributed by atoms with E-state index in [1.807, 2.05) is 25.1 Å². The van der Waals surface area contributed by atoms with Gasteiger partial charge in [-0.2, -0.15) is 5.10 Å². The van der Waals surface area contributed by atoms with Crippen molar-refractivity contribution in [3.05, 3.63) is 51.7 Å². The highest BCUT2D eigenvalue weighted by Crippen LogP contribution is 2.20. The van der Waals surface area contributed by atoms with Crippen LogP contribution in [0.4, 0.5) is 0 Å². The summed E-state index contributed by atoms with van der Waals surface area (Å²) in [5.41, 5.74) is 6.12. The molecule has 10 heteroatoms. The third-order valence-electron chi connectivity index (χ3n) is 4.50. The summed E-state index contributed by atoms with van der Waals surface area (Å²) in [6, 6.07) is 5.91. The zero-order chi connectivity index (χ0) is 20.1. The number of hydrogen-bond donors (Lipinski definition) is 4. The van der Waals surface area contributed by atoms with Gasteiger partial charge in [-0.3, -0.25) is 14.9 Å². The van der Waals surface area contributed by atoms with Gasteiger partial charge in [0, 0.05) is 37.9 Å². The number of aromatic nitrogens is 2. The number of benzene rings is 1. The van der Waals surface area contributed by atoms with Crippen LogP contribution in [-0.4, -0.2) is 40.1 Å². The second kappa shape index (κ2) is 8.51. The molecule has 0 saturated heterocycles. The molecule has 0 spiro atoms. The maximum absolute atomic E-state index is 11.4. The summed E-state index contributed by atoms with van der Waals surface area (Å²) in [5.74, 6) is 1.21. The first-order valence-corrected chi connectivity index (χ1v) is 9.08. The number of hydrazone groups is 1. The number of nitro groups is 1. The van der Waals surface area contributed by atoms with Crippen LogP contribution >= 0.6 is 0 Å². The van der Waals surface area contributed by atoms with Crippen molar-refractivity contribution >= 4 is 22.7 Å². The summed E-state index contributed by atoms with van der Waals surface area (Å²) in [6.45, 7) is 2.56. The standard InChI is InChI=1S/C18H23N7O3/c1-11-8-17(26)23-24-18(11)12-5-6-13-14(9-12)22-15(21-13)4-3-7-20-16(19-2)10-25(27)28/h5-6,9-11,19-20H,3-4,7-8H2,1-2H3,(H,21,22)(H,23,26)/b16-10+. The van der Waals surface area contributed by atoms with Crippen molar-refractivity contribution < 1.29 is 9.72 Å². The van der Waals surface area contributed by atoms with E-state index in [1.54, 1.807) is 7.05 Å². The van der Waals surface area contributed by atoms with Gasteiger partial charge < -0.3 is 15.6 Å². The Balaban J connectivity index is 1.63. The molecule has 1 aromatic carbocycles. The summed E-state index contributed by atoms with van der Waals surface area (Å²) >= 11 is 0. The molecule has 3 rings (SSSR count). The molecular formula is C18H23N7O3. The van der Waals surface area contributed by atoms with Crippen LogP contribution in [0.3, 0.4) is 0 Å². The first kappa shape index (κ1) is 19.3. The molecule has 148 valence electrons. The third-order valence-corrected chi connectivity index (χ3v) is 4.50. The van der Waals surface area contributed by atoms with Crippen LogP contribution < -0.4 is 16.1 Å². The maximum Gasteiger partial charge on any atom is 0.274 e. The fraction of sp³-hybridized carbons (Fsp3) is 0.389. The van der Waals surface area contributed by atoms with Gasteiger partial charge in [0.1, 0.15) is 5.82 Å². The fourth-order valence-electron chi connectivity index (χ4n) is 3.12. The lowest BCUT2D eigenvalue weighted by Gasteiger charge is -2.18. The Hall–Kier alpha value is -3.43. The number of nitrogens with one attached hydrogen (secondary N) is 4. The molecule has 0 radical (unpaired) electrons. The quantitative estimate of drug-likeness (QED) is 0.306. The molecule has 10 nitrogen and oxygen atoms in total. The van der Waals surface area contributed by atoms with Gasteiger partial charge in [-0.1, -0.05) is 13.0 Å². The number of aromatic amines is 1. The van der Waals surface area contributed by atoms with Crippen molar-refractivity contribution in [2.75, 3.05) is 13.6 Å². The van der Waals surface area contributed by atoms with Gasteiger partial charge in [0.25, 0.3) is 6.20 Å². The smallest absolute Gasteiger partial charge is 0.274 e. The molecular weight excluding hydrogens is 362 g/mol. The summed E-state index contributed by atoms with van der Waals surface area (Å²) in [6.07, 6.45) is 2.80. The van der Waals surface area contributed by atoms with E-state index in [1.165, 1.54) is 0 Å². The number of hydrogen-bond acceptors (Lipinski definition) is 7. The molecule has 1 aliphatic heterocycles. The van der Waals surface area contributed by atoms with Crippen LogP contribution in [0.25, 0.3) is 11.0 Å². The minimum absolute atomic E-state index is 0.0595. The molecule has 4 N–H and O–H groups in total. The number of aryl methyl sites for hydroxylation is 1. The van der Waals surface area contributed by atoms with E-state index >= 15 is 0 Å². The van der Waals surface area contributed by atoms with E-state index < -0.39 is 4.92 Å². The van der Waals surface area contributed by atoms with E-state index in [-0.39, 0.29) is 11.8 Å². The topological polar surface area (TPSA) is 137 Å². The molecule has 0 fully saturated rings. The van der Waals surface area contributed by atoms with Crippen molar-refractivity contribution in [3.8, 4) is 0 Å². The number of imidazole rings is 1. The molecule has 28 heavy (non-hydrogen) atoms. The van der Waals surface area contributed by atoms with Gasteiger partial charge >= 0.3 is 0 Å². The average molecular weight is 385 g/mol. The molecule has 1 amide bonds. The van der Waals surface area contributed by atoms with E-state index in [2.05, 4.69) is 31.1 Å². The van der Waals surface area contributed by atoms with Crippen LogP contribution in [0.2, 0.25) is 0 Å². The average Bonchev–Trinajstić information content (AvgIpc) is 3.05. The minimum Gasteiger partial charge on any atom is -0.370 e. The number of nitrogens with zero attached hydrogens (tertiary/aromatic N) is 3. The molecule has 0 bridgehead atoms. The van der Waals surface area contributed by atoms with Crippen LogP contribution in [0, 0.1) is 16.0 Å². The van der Waals surface area contributed by atoms with Crippen molar-refractivity contribution in [1.29, 1.82) is 0 Å². The highest BCUT2D eigenvalue weighted by Gasteiger charge is 2.22. The van der Waals surface area contributed by atoms with E-state index in [4.69, 9.17) is 0 Å². The van der Waals surface area contributed by atoms with Gasteiger partial charge in [0.05, 0.1) is 21.7 Å². The zero-order valence-corrected chi connectivity index (χ0v) is 15.8. The monoisotopic (exact) mass is 385 g/mol. The van der Waals surface area contributed by atoms with Gasteiger partial charge in [0.2, 0.25) is 5.91 Å². The first-order valence-electron chi connectivity index (χ1n) is 9.08. The van der Waals surface area contributed by atoms with Gasteiger partial charge in [-0.25, -0.2) is 10.4 Å². The predicted molar refractivity (Wildman–Crippen MR) is 105 cm³/mol. The lowest BCUT2D eigenvalue weighted by molar-refractivity contribution is -0.404. The number of carbonyl (C=O) groups is 1. The Morgan fingerprint density at radius 1 is 1.46 bits per heavy atom. The number of rotatable bonds is 8. The predicted octanol–water partition coefficient (Wildman–Crippen LogP) is 1.24. The van der Waals surface area contributed by atoms with Gasteiger partial charge in [-0.05, 0) is 18.6 Å². The van der Waals surface area contributed by atoms with Crippen molar-refractivity contribution in [2.45, 2.75) is 26.2 Å². The van der Waals surface area contributed by atoms with Crippen molar-refractivity contribution in [3.63, 3.8) is 0 Å². The Morgan fingerprint density at radius 2 is 2.29 bits per heavy atom. The Labute approximate surface area is 161 Å². The molecule has 0 saturated carbocycles. The fourth-order valence-corrected chi connectivity index (χ4v) is 3.12. The first-order chi connectivity index (χ1) is 13.5. The van der Waals surface area contributed by atoms with Crippen LogP contribution in [0.15, 0.2) is 35.3 Å². The molecule has 0 aliphatic carbocycles. The Kier molecular flexibility index (Phi) is 5.87. The van der Waals surface area contributed by atoms with E-state index in [0.29, 0.717) is 25.2 Å². The zero-order valence-electron chi connectivity index (χ0n) is 15.8. The summed E-state index contributed by atoms with van der Waals surface area (Å²) in [5, 5.41) is 20.4. The van der Waals surface area contributed by atoms with Crippen molar-refractivity contribution in [2.24, 2.45) is 11.0 Å². The van der Waals surface area contributed by atoms with Crippen LogP contribution in [0.1, 0.15) is 31.2 Å². The van der Waals surface area contributed by atoms with Crippen LogP contribution in [-0.2, 0) is 11.2 Å².